The van der Waals surface area contributed by atoms with E-state index in [9.17, 15) is 9.59 Å². The maximum absolute atomic E-state index is 12.5. The Morgan fingerprint density at radius 2 is 1.81 bits per heavy atom. The standard InChI is InChI=1S/C22H19BrO4/c23-16-8-6-14(7-9-16)12-20-21(24)18-11-10-17(13-19(18)27-20)26-22(25)15-4-2-1-3-5-15/h6-13,15H,1-5H2. The summed E-state index contributed by atoms with van der Waals surface area (Å²) in [6, 6.07) is 12.5. The van der Waals surface area contributed by atoms with Crippen LogP contribution in [-0.2, 0) is 4.79 Å². The first-order chi connectivity index (χ1) is 13.1. The van der Waals surface area contributed by atoms with Crippen molar-refractivity contribution in [2.45, 2.75) is 32.1 Å². The number of ketones is 1. The Kier molecular flexibility index (Phi) is 5.12. The number of hydrogen-bond acceptors (Lipinski definition) is 4. The van der Waals surface area contributed by atoms with E-state index in [1.807, 2.05) is 24.3 Å². The molecule has 2 aliphatic rings. The van der Waals surface area contributed by atoms with Gasteiger partial charge in [0.05, 0.1) is 11.5 Å². The highest BCUT2D eigenvalue weighted by Crippen LogP contribution is 2.35. The van der Waals surface area contributed by atoms with Crippen LogP contribution in [-0.4, -0.2) is 11.8 Å². The van der Waals surface area contributed by atoms with Crippen molar-refractivity contribution in [2.24, 2.45) is 5.92 Å². The molecule has 2 aromatic carbocycles. The second kappa shape index (κ2) is 7.69. The summed E-state index contributed by atoms with van der Waals surface area (Å²) in [5, 5.41) is 0. The van der Waals surface area contributed by atoms with E-state index in [0.29, 0.717) is 17.1 Å². The molecule has 1 fully saturated rings. The Morgan fingerprint density at radius 3 is 2.56 bits per heavy atom. The lowest BCUT2D eigenvalue weighted by Gasteiger charge is -2.19. The number of rotatable bonds is 3. The van der Waals surface area contributed by atoms with Crippen LogP contribution >= 0.6 is 15.9 Å². The van der Waals surface area contributed by atoms with Crippen LogP contribution in [0.3, 0.4) is 0 Å². The summed E-state index contributed by atoms with van der Waals surface area (Å²) >= 11 is 3.39. The Morgan fingerprint density at radius 1 is 1.07 bits per heavy atom. The Hall–Kier alpha value is -2.40. The fourth-order valence-corrected chi connectivity index (χ4v) is 3.74. The van der Waals surface area contributed by atoms with E-state index in [1.165, 1.54) is 6.42 Å². The molecule has 0 unspecified atom stereocenters. The van der Waals surface area contributed by atoms with Crippen LogP contribution in [0.15, 0.2) is 52.7 Å². The van der Waals surface area contributed by atoms with Crippen LogP contribution in [0.4, 0.5) is 0 Å². The fraction of sp³-hybridized carbons (Fsp3) is 0.273. The Labute approximate surface area is 166 Å². The molecule has 0 spiro atoms. The first-order valence-electron chi connectivity index (χ1n) is 9.16. The number of halogens is 1. The molecule has 27 heavy (non-hydrogen) atoms. The van der Waals surface area contributed by atoms with E-state index in [0.717, 1.165) is 35.7 Å². The molecule has 0 amide bonds. The molecule has 1 aliphatic carbocycles. The summed E-state index contributed by atoms with van der Waals surface area (Å²) in [5.74, 6) is 0.729. The summed E-state index contributed by atoms with van der Waals surface area (Å²) in [5.41, 5.74) is 1.36. The molecule has 0 radical (unpaired) electrons. The van der Waals surface area contributed by atoms with Gasteiger partial charge in [-0.2, -0.15) is 0 Å². The zero-order chi connectivity index (χ0) is 18.8. The number of carbonyl (C=O) groups excluding carboxylic acids is 2. The number of allylic oxidation sites excluding steroid dienone is 1. The molecule has 1 aliphatic heterocycles. The SMILES string of the molecule is O=C1C(=Cc2ccc(Br)cc2)Oc2cc(OC(=O)C3CCCCC3)ccc21. The largest absolute Gasteiger partial charge is 0.452 e. The lowest BCUT2D eigenvalue weighted by atomic mass is 9.89. The predicted octanol–water partition coefficient (Wildman–Crippen LogP) is 5.55. The van der Waals surface area contributed by atoms with E-state index >= 15 is 0 Å². The minimum Gasteiger partial charge on any atom is -0.452 e. The number of benzene rings is 2. The van der Waals surface area contributed by atoms with Crippen molar-refractivity contribution in [1.82, 2.24) is 0 Å². The van der Waals surface area contributed by atoms with Crippen molar-refractivity contribution in [2.75, 3.05) is 0 Å². The van der Waals surface area contributed by atoms with E-state index in [-0.39, 0.29) is 23.4 Å². The smallest absolute Gasteiger partial charge is 0.314 e. The highest BCUT2D eigenvalue weighted by molar-refractivity contribution is 9.10. The molecule has 1 heterocycles. The number of esters is 1. The van der Waals surface area contributed by atoms with Gasteiger partial charge in [-0.05, 0) is 48.7 Å². The monoisotopic (exact) mass is 426 g/mol. The minimum atomic E-state index is -0.190. The van der Waals surface area contributed by atoms with Crippen molar-refractivity contribution >= 4 is 33.8 Å². The number of hydrogen-bond donors (Lipinski definition) is 0. The van der Waals surface area contributed by atoms with Crippen LogP contribution in [0.2, 0.25) is 0 Å². The Balaban J connectivity index is 1.50. The van der Waals surface area contributed by atoms with Gasteiger partial charge in [0, 0.05) is 10.5 Å². The maximum Gasteiger partial charge on any atom is 0.314 e. The minimum absolute atomic E-state index is 0.0255. The second-order valence-electron chi connectivity index (χ2n) is 6.91. The highest BCUT2D eigenvalue weighted by atomic mass is 79.9. The maximum atomic E-state index is 12.5. The second-order valence-corrected chi connectivity index (χ2v) is 7.82. The van der Waals surface area contributed by atoms with Gasteiger partial charge in [0.2, 0.25) is 5.78 Å². The average Bonchev–Trinajstić information content (AvgIpc) is 2.99. The van der Waals surface area contributed by atoms with Crippen molar-refractivity contribution in [3.05, 3.63) is 63.8 Å². The molecule has 4 rings (SSSR count). The summed E-state index contributed by atoms with van der Waals surface area (Å²) in [4.78, 5) is 24.9. The van der Waals surface area contributed by atoms with Crippen molar-refractivity contribution in [3.63, 3.8) is 0 Å². The van der Waals surface area contributed by atoms with Gasteiger partial charge in [0.25, 0.3) is 0 Å². The van der Waals surface area contributed by atoms with Gasteiger partial charge >= 0.3 is 5.97 Å². The molecule has 0 aromatic heterocycles. The molecule has 0 N–H and O–H groups in total. The Bertz CT molecular complexity index is 908. The molecule has 138 valence electrons. The molecule has 5 heteroatoms. The topological polar surface area (TPSA) is 52.6 Å². The zero-order valence-electron chi connectivity index (χ0n) is 14.7. The third kappa shape index (κ3) is 3.98. The van der Waals surface area contributed by atoms with Crippen LogP contribution in [0.1, 0.15) is 48.0 Å². The van der Waals surface area contributed by atoms with Gasteiger partial charge in [0.15, 0.2) is 5.76 Å². The molecule has 1 saturated carbocycles. The highest BCUT2D eigenvalue weighted by Gasteiger charge is 2.29. The van der Waals surface area contributed by atoms with Gasteiger partial charge in [0.1, 0.15) is 11.5 Å². The van der Waals surface area contributed by atoms with Crippen molar-refractivity contribution < 1.29 is 19.1 Å². The number of ether oxygens (including phenoxy) is 2. The van der Waals surface area contributed by atoms with Gasteiger partial charge in [-0.25, -0.2) is 0 Å². The van der Waals surface area contributed by atoms with E-state index in [4.69, 9.17) is 9.47 Å². The van der Waals surface area contributed by atoms with E-state index < -0.39 is 0 Å². The number of carbonyl (C=O) groups is 2. The third-order valence-electron chi connectivity index (χ3n) is 4.97. The number of fused-ring (bicyclic) bond motifs is 1. The van der Waals surface area contributed by atoms with Gasteiger partial charge < -0.3 is 9.47 Å². The lowest BCUT2D eigenvalue weighted by molar-refractivity contribution is -0.139. The van der Waals surface area contributed by atoms with E-state index in [1.54, 1.807) is 24.3 Å². The molecule has 0 bridgehead atoms. The van der Waals surface area contributed by atoms with Gasteiger partial charge in [-0.1, -0.05) is 47.3 Å². The normalized spacial score (nSPS) is 18.3. The summed E-state index contributed by atoms with van der Waals surface area (Å²) in [7, 11) is 0. The van der Waals surface area contributed by atoms with Crippen LogP contribution in [0, 0.1) is 5.92 Å². The quantitative estimate of drug-likeness (QED) is 0.366. The summed E-state index contributed by atoms with van der Waals surface area (Å²) in [6.45, 7) is 0. The van der Waals surface area contributed by atoms with Gasteiger partial charge in [-0.15, -0.1) is 0 Å². The first kappa shape index (κ1) is 18.0. The third-order valence-corrected chi connectivity index (χ3v) is 5.49. The van der Waals surface area contributed by atoms with E-state index in [2.05, 4.69) is 15.9 Å². The molecule has 4 nitrogen and oxygen atoms in total. The van der Waals surface area contributed by atoms with Crippen molar-refractivity contribution in [1.29, 1.82) is 0 Å². The summed E-state index contributed by atoms with van der Waals surface area (Å²) < 4.78 is 12.2. The van der Waals surface area contributed by atoms with Crippen LogP contribution in [0.25, 0.3) is 6.08 Å². The molecule has 2 aromatic rings. The van der Waals surface area contributed by atoms with Crippen LogP contribution < -0.4 is 9.47 Å². The fourth-order valence-electron chi connectivity index (χ4n) is 3.48. The zero-order valence-corrected chi connectivity index (χ0v) is 16.3. The molecular weight excluding hydrogens is 408 g/mol. The van der Waals surface area contributed by atoms with Crippen molar-refractivity contribution in [3.8, 4) is 11.5 Å². The number of Topliss-reactive ketones (excluding diaryl/α,β-unsaturated/α-hetero) is 1. The predicted molar refractivity (Wildman–Crippen MR) is 106 cm³/mol. The van der Waals surface area contributed by atoms with Gasteiger partial charge in [-0.3, -0.25) is 9.59 Å². The average molecular weight is 427 g/mol. The molecule has 0 atom stereocenters. The molecule has 0 saturated heterocycles. The van der Waals surface area contributed by atoms with Crippen LogP contribution in [0.5, 0.6) is 11.5 Å². The molecular formula is C22H19BrO4. The first-order valence-corrected chi connectivity index (χ1v) is 9.95. The lowest BCUT2D eigenvalue weighted by Crippen LogP contribution is -2.22. The summed E-state index contributed by atoms with van der Waals surface area (Å²) in [6.07, 6.45) is 6.82.